The predicted octanol–water partition coefficient (Wildman–Crippen LogP) is 2.59. The first-order chi connectivity index (χ1) is 12.8. The third-order valence-electron chi connectivity index (χ3n) is 5.09. The molecule has 6 nitrogen and oxygen atoms in total. The first kappa shape index (κ1) is 20.1. The summed E-state index contributed by atoms with van der Waals surface area (Å²) in [7, 11) is -3.14. The van der Waals surface area contributed by atoms with E-state index in [2.05, 4.69) is 0 Å². The molecule has 1 saturated heterocycles. The van der Waals surface area contributed by atoms with Crippen LogP contribution in [0.4, 0.5) is 4.39 Å². The van der Waals surface area contributed by atoms with Gasteiger partial charge in [0.2, 0.25) is 0 Å². The average molecular weight is 418 g/mol. The lowest BCUT2D eigenvalue weighted by Crippen LogP contribution is -2.48. The Balaban J connectivity index is 1.68. The van der Waals surface area contributed by atoms with Crippen LogP contribution in [-0.2, 0) is 19.4 Å². The molecule has 1 heterocycles. The minimum absolute atomic E-state index is 0.0242. The highest BCUT2D eigenvalue weighted by Gasteiger charge is 2.39. The summed E-state index contributed by atoms with van der Waals surface area (Å²) in [5.41, 5.74) is -0.0262. The van der Waals surface area contributed by atoms with Crippen molar-refractivity contribution >= 4 is 33.3 Å². The summed E-state index contributed by atoms with van der Waals surface area (Å²) in [5, 5.41) is -0.0954. The van der Waals surface area contributed by atoms with Gasteiger partial charge >= 0.3 is 5.97 Å². The van der Waals surface area contributed by atoms with E-state index in [0.717, 1.165) is 37.8 Å². The molecule has 1 atom stereocenters. The van der Waals surface area contributed by atoms with Gasteiger partial charge in [-0.05, 0) is 37.5 Å². The number of halogens is 2. The fourth-order valence-corrected chi connectivity index (χ4v) is 5.77. The average Bonchev–Trinajstić information content (AvgIpc) is 3.23. The molecule has 9 heteroatoms. The van der Waals surface area contributed by atoms with E-state index in [9.17, 15) is 22.4 Å². The summed E-state index contributed by atoms with van der Waals surface area (Å²) < 4.78 is 41.8. The van der Waals surface area contributed by atoms with Crippen molar-refractivity contribution in [1.82, 2.24) is 4.90 Å². The fraction of sp³-hybridized carbons (Fsp3) is 0.556. The molecule has 0 unspecified atom stereocenters. The molecule has 3 rings (SSSR count). The van der Waals surface area contributed by atoms with E-state index in [4.69, 9.17) is 16.3 Å². The van der Waals surface area contributed by atoms with Gasteiger partial charge in [-0.25, -0.2) is 17.6 Å². The third kappa shape index (κ3) is 4.79. The Bertz CT molecular complexity index is 838. The number of benzene rings is 1. The van der Waals surface area contributed by atoms with Gasteiger partial charge in [-0.3, -0.25) is 4.79 Å². The van der Waals surface area contributed by atoms with Crippen molar-refractivity contribution in [3.05, 3.63) is 34.6 Å². The number of esters is 1. The lowest BCUT2D eigenvalue weighted by atomic mass is 10.1. The quantitative estimate of drug-likeness (QED) is 0.688. The van der Waals surface area contributed by atoms with Crippen LogP contribution in [0.3, 0.4) is 0 Å². The largest absolute Gasteiger partial charge is 0.452 e. The summed E-state index contributed by atoms with van der Waals surface area (Å²) in [6.45, 7) is -0.500. The maximum absolute atomic E-state index is 13.1. The molecule has 2 fully saturated rings. The van der Waals surface area contributed by atoms with Crippen molar-refractivity contribution in [2.45, 2.75) is 44.2 Å². The zero-order chi connectivity index (χ0) is 19.6. The van der Waals surface area contributed by atoms with Crippen LogP contribution in [0.5, 0.6) is 0 Å². The van der Waals surface area contributed by atoms with Crippen LogP contribution in [0.2, 0.25) is 5.02 Å². The molecule has 0 radical (unpaired) electrons. The summed E-state index contributed by atoms with van der Waals surface area (Å²) in [6, 6.07) is 2.87. The van der Waals surface area contributed by atoms with E-state index >= 15 is 0 Å². The van der Waals surface area contributed by atoms with Crippen molar-refractivity contribution in [3.63, 3.8) is 0 Å². The van der Waals surface area contributed by atoms with Crippen LogP contribution in [0, 0.1) is 5.82 Å². The van der Waals surface area contributed by atoms with Crippen molar-refractivity contribution in [2.24, 2.45) is 0 Å². The van der Waals surface area contributed by atoms with Gasteiger partial charge in [0, 0.05) is 12.1 Å². The first-order valence-corrected chi connectivity index (χ1v) is 11.1. The lowest BCUT2D eigenvalue weighted by Gasteiger charge is -2.33. The van der Waals surface area contributed by atoms with Gasteiger partial charge in [0.05, 0.1) is 22.1 Å². The topological polar surface area (TPSA) is 80.8 Å². The van der Waals surface area contributed by atoms with Gasteiger partial charge in [-0.15, -0.1) is 0 Å². The number of carbonyl (C=O) groups excluding carboxylic acids is 2. The molecular weight excluding hydrogens is 397 g/mol. The molecule has 1 aromatic carbocycles. The first-order valence-electron chi connectivity index (χ1n) is 8.90. The van der Waals surface area contributed by atoms with Gasteiger partial charge in [0.25, 0.3) is 5.91 Å². The molecule has 1 aliphatic carbocycles. The second kappa shape index (κ2) is 8.14. The smallest absolute Gasteiger partial charge is 0.340 e. The second-order valence-electron chi connectivity index (χ2n) is 7.00. The van der Waals surface area contributed by atoms with E-state index < -0.39 is 34.1 Å². The SMILES string of the molecule is O=C(OCC(=O)N(C1CCCC1)[C@@H]1CCS(=O)(=O)C1)c1ccc(F)cc1Cl. The van der Waals surface area contributed by atoms with Crippen LogP contribution in [0.25, 0.3) is 0 Å². The Morgan fingerprint density at radius 3 is 2.48 bits per heavy atom. The molecule has 2 aliphatic rings. The molecule has 0 N–H and O–H groups in total. The zero-order valence-electron chi connectivity index (χ0n) is 14.7. The Kier molecular flexibility index (Phi) is 6.05. The molecule has 0 spiro atoms. The Labute approximate surface area is 162 Å². The van der Waals surface area contributed by atoms with Gasteiger partial charge in [-0.1, -0.05) is 24.4 Å². The summed E-state index contributed by atoms with van der Waals surface area (Å²) in [6.07, 6.45) is 4.01. The lowest BCUT2D eigenvalue weighted by molar-refractivity contribution is -0.139. The minimum Gasteiger partial charge on any atom is -0.452 e. The summed E-state index contributed by atoms with van der Waals surface area (Å²) >= 11 is 5.84. The number of carbonyl (C=O) groups is 2. The van der Waals surface area contributed by atoms with Gasteiger partial charge < -0.3 is 9.64 Å². The van der Waals surface area contributed by atoms with Crippen molar-refractivity contribution in [2.75, 3.05) is 18.1 Å². The maximum Gasteiger partial charge on any atom is 0.340 e. The number of nitrogens with zero attached hydrogens (tertiary/aromatic N) is 1. The number of ether oxygens (including phenoxy) is 1. The fourth-order valence-electron chi connectivity index (χ4n) is 3.82. The number of amides is 1. The normalized spacial score (nSPS) is 21.9. The van der Waals surface area contributed by atoms with Crippen LogP contribution >= 0.6 is 11.6 Å². The number of hydrogen-bond acceptors (Lipinski definition) is 5. The molecule has 148 valence electrons. The van der Waals surface area contributed by atoms with Crippen LogP contribution in [-0.4, -0.2) is 55.4 Å². The molecule has 1 saturated carbocycles. The molecule has 0 bridgehead atoms. The van der Waals surface area contributed by atoms with E-state index in [1.165, 1.54) is 6.07 Å². The molecule has 27 heavy (non-hydrogen) atoms. The third-order valence-corrected chi connectivity index (χ3v) is 7.15. The van der Waals surface area contributed by atoms with E-state index in [1.54, 1.807) is 4.90 Å². The minimum atomic E-state index is -3.14. The molecule has 1 aliphatic heterocycles. The van der Waals surface area contributed by atoms with Crippen molar-refractivity contribution < 1.29 is 27.1 Å². The van der Waals surface area contributed by atoms with Gasteiger partial charge in [0.15, 0.2) is 16.4 Å². The highest BCUT2D eigenvalue weighted by atomic mass is 35.5. The van der Waals surface area contributed by atoms with Gasteiger partial charge in [0.1, 0.15) is 5.82 Å². The van der Waals surface area contributed by atoms with Crippen LogP contribution in [0.15, 0.2) is 18.2 Å². The van der Waals surface area contributed by atoms with E-state index in [0.29, 0.717) is 6.42 Å². The monoisotopic (exact) mass is 417 g/mol. The molecule has 1 aromatic rings. The molecular formula is C18H21ClFNO5S. The Morgan fingerprint density at radius 2 is 1.89 bits per heavy atom. The highest BCUT2D eigenvalue weighted by Crippen LogP contribution is 2.29. The number of rotatable bonds is 5. The van der Waals surface area contributed by atoms with E-state index in [-0.39, 0.29) is 34.2 Å². The van der Waals surface area contributed by atoms with E-state index in [1.807, 2.05) is 0 Å². The number of hydrogen-bond donors (Lipinski definition) is 0. The summed E-state index contributed by atoms with van der Waals surface area (Å²) in [4.78, 5) is 26.5. The van der Waals surface area contributed by atoms with Crippen molar-refractivity contribution in [1.29, 1.82) is 0 Å². The van der Waals surface area contributed by atoms with Gasteiger partial charge in [-0.2, -0.15) is 0 Å². The predicted molar refractivity (Wildman–Crippen MR) is 97.9 cm³/mol. The highest BCUT2D eigenvalue weighted by molar-refractivity contribution is 7.91. The summed E-state index contributed by atoms with van der Waals surface area (Å²) in [5.74, 6) is -1.79. The zero-order valence-corrected chi connectivity index (χ0v) is 16.3. The molecule has 1 amide bonds. The van der Waals surface area contributed by atoms with Crippen molar-refractivity contribution in [3.8, 4) is 0 Å². The number of sulfone groups is 1. The maximum atomic E-state index is 13.1. The molecule has 0 aromatic heterocycles. The Hall–Kier alpha value is -1.67. The van der Waals surface area contributed by atoms with Crippen LogP contribution < -0.4 is 0 Å². The standard InChI is InChI=1S/C18H21ClFNO5S/c19-16-9-12(20)5-6-15(16)18(23)26-10-17(22)21(13-3-1-2-4-13)14-7-8-27(24,25)11-14/h5-6,9,13-14H,1-4,7-8,10-11H2/t14-/m1/s1. The Morgan fingerprint density at radius 1 is 1.19 bits per heavy atom. The second-order valence-corrected chi connectivity index (χ2v) is 9.63. The van der Waals surface area contributed by atoms with Crippen LogP contribution in [0.1, 0.15) is 42.5 Å².